The lowest BCUT2D eigenvalue weighted by Gasteiger charge is -2.38. The van der Waals surface area contributed by atoms with Gasteiger partial charge >= 0.3 is 5.97 Å². The van der Waals surface area contributed by atoms with Gasteiger partial charge in [-0.3, -0.25) is 4.79 Å². The number of carbonyl (C=O) groups excluding carboxylic acids is 1. The molecule has 4 N–H and O–H groups in total. The van der Waals surface area contributed by atoms with Crippen LogP contribution in [0.4, 0.5) is 11.8 Å². The van der Waals surface area contributed by atoms with Crippen LogP contribution in [0.2, 0.25) is 0 Å². The monoisotopic (exact) mass is 432 g/mol. The smallest absolute Gasteiger partial charge is 0.327 e. The number of nitrogens with one attached hydrogen (secondary N) is 1. The van der Waals surface area contributed by atoms with Gasteiger partial charge in [-0.25, -0.2) is 9.78 Å². The summed E-state index contributed by atoms with van der Waals surface area (Å²) in [6.07, 6.45) is 4.08. The van der Waals surface area contributed by atoms with Crippen molar-refractivity contribution in [1.29, 1.82) is 0 Å². The van der Waals surface area contributed by atoms with Crippen LogP contribution in [-0.4, -0.2) is 70.6 Å². The van der Waals surface area contributed by atoms with E-state index in [0.717, 1.165) is 41.7 Å². The Hall–Kier alpha value is -2.46. The predicted molar refractivity (Wildman–Crippen MR) is 117 cm³/mol. The third-order valence-corrected chi connectivity index (χ3v) is 7.13. The van der Waals surface area contributed by atoms with Crippen LogP contribution in [0.15, 0.2) is 6.07 Å². The Bertz CT molecular complexity index is 936. The van der Waals surface area contributed by atoms with Crippen LogP contribution in [0.3, 0.4) is 0 Å². The van der Waals surface area contributed by atoms with E-state index in [0.29, 0.717) is 26.2 Å². The van der Waals surface area contributed by atoms with Gasteiger partial charge in [0.05, 0.1) is 5.39 Å². The average Bonchev–Trinajstić information content (AvgIpc) is 3.13. The van der Waals surface area contributed by atoms with Crippen LogP contribution in [0.25, 0.3) is 10.2 Å². The number of aromatic nitrogens is 2. The van der Waals surface area contributed by atoms with Crippen LogP contribution < -0.4 is 16.0 Å². The second kappa shape index (κ2) is 8.73. The van der Waals surface area contributed by atoms with Crippen molar-refractivity contribution in [2.75, 3.05) is 42.9 Å². The first-order valence-electron chi connectivity index (χ1n) is 10.5. The summed E-state index contributed by atoms with van der Waals surface area (Å²) in [6.45, 7) is 4.78. The molecule has 2 aliphatic rings. The first-order valence-corrected chi connectivity index (χ1v) is 11.4. The van der Waals surface area contributed by atoms with E-state index < -0.39 is 12.0 Å². The maximum absolute atomic E-state index is 12.6. The number of anilines is 2. The Balaban J connectivity index is 1.58. The fourth-order valence-corrected chi connectivity index (χ4v) is 4.83. The van der Waals surface area contributed by atoms with E-state index in [1.54, 1.807) is 11.3 Å². The third-order valence-electron chi connectivity index (χ3n) is 5.95. The minimum absolute atomic E-state index is 0.0569. The number of hydrogen-bond acceptors (Lipinski definition) is 8. The summed E-state index contributed by atoms with van der Waals surface area (Å²) >= 11 is 1.59. The minimum atomic E-state index is -1.04. The number of aliphatic carboxylic acids is 1. The summed E-state index contributed by atoms with van der Waals surface area (Å²) in [5, 5.41) is 13.1. The van der Waals surface area contributed by atoms with Gasteiger partial charge in [-0.1, -0.05) is 13.3 Å². The van der Waals surface area contributed by atoms with Gasteiger partial charge in [0.15, 0.2) is 0 Å². The Labute approximate surface area is 179 Å². The van der Waals surface area contributed by atoms with E-state index >= 15 is 0 Å². The molecule has 1 aliphatic carbocycles. The van der Waals surface area contributed by atoms with Crippen LogP contribution in [0.5, 0.6) is 0 Å². The summed E-state index contributed by atoms with van der Waals surface area (Å²) in [7, 11) is 0. The van der Waals surface area contributed by atoms with Crippen molar-refractivity contribution in [1.82, 2.24) is 14.9 Å². The van der Waals surface area contributed by atoms with E-state index in [1.165, 1.54) is 4.88 Å². The van der Waals surface area contributed by atoms with Crippen molar-refractivity contribution in [2.24, 2.45) is 11.7 Å². The first kappa shape index (κ1) is 20.8. The molecule has 1 atom stereocenters. The Morgan fingerprint density at radius 2 is 2.03 bits per heavy atom. The lowest BCUT2D eigenvalue weighted by atomic mass is 9.84. The van der Waals surface area contributed by atoms with Crippen molar-refractivity contribution >= 4 is 45.2 Å². The second-order valence-corrected chi connectivity index (χ2v) is 8.98. The molecule has 0 unspecified atom stereocenters. The first-order chi connectivity index (χ1) is 14.5. The number of thiophene rings is 1. The van der Waals surface area contributed by atoms with Gasteiger partial charge in [0.1, 0.15) is 16.7 Å². The van der Waals surface area contributed by atoms with Gasteiger partial charge in [-0.15, -0.1) is 11.3 Å². The summed E-state index contributed by atoms with van der Waals surface area (Å²) < 4.78 is 0. The second-order valence-electron chi connectivity index (χ2n) is 7.87. The molecule has 1 aliphatic heterocycles. The summed E-state index contributed by atoms with van der Waals surface area (Å²) in [5.41, 5.74) is 5.58. The molecule has 10 heteroatoms. The minimum Gasteiger partial charge on any atom is -0.480 e. The van der Waals surface area contributed by atoms with Gasteiger partial charge in [-0.05, 0) is 25.3 Å². The quantitative estimate of drug-likeness (QED) is 0.602. The number of piperazine rings is 1. The number of amides is 1. The molecular weight excluding hydrogens is 404 g/mol. The number of rotatable bonds is 7. The molecular formula is C20H28N6O3S. The highest BCUT2D eigenvalue weighted by Crippen LogP contribution is 2.34. The van der Waals surface area contributed by atoms with Gasteiger partial charge in [0.2, 0.25) is 11.9 Å². The van der Waals surface area contributed by atoms with E-state index in [1.807, 2.05) is 4.90 Å². The fourth-order valence-electron chi connectivity index (χ4n) is 3.87. The Kier molecular flexibility index (Phi) is 6.05. The van der Waals surface area contributed by atoms with Gasteiger partial charge in [0, 0.05) is 43.5 Å². The molecule has 0 radical (unpaired) electrons. The van der Waals surface area contributed by atoms with E-state index in [9.17, 15) is 14.7 Å². The number of carbonyl (C=O) groups is 2. The third kappa shape index (κ3) is 4.06. The molecule has 162 valence electrons. The maximum Gasteiger partial charge on any atom is 0.327 e. The number of carboxylic acid groups (broad SMARTS) is 1. The number of hydrogen-bond donors (Lipinski definition) is 3. The molecule has 9 nitrogen and oxygen atoms in total. The zero-order valence-electron chi connectivity index (χ0n) is 17.1. The van der Waals surface area contributed by atoms with Crippen molar-refractivity contribution < 1.29 is 14.7 Å². The number of nitrogens with zero attached hydrogens (tertiary/aromatic N) is 4. The molecule has 3 heterocycles. The maximum atomic E-state index is 12.6. The summed E-state index contributed by atoms with van der Waals surface area (Å²) in [6, 6.07) is 1.17. The molecule has 30 heavy (non-hydrogen) atoms. The number of aryl methyl sites for hydroxylation is 1. The van der Waals surface area contributed by atoms with Crippen molar-refractivity contribution in [2.45, 2.75) is 38.6 Å². The molecule has 1 amide bonds. The molecule has 0 bridgehead atoms. The SMILES string of the molecule is CCc1cc2c(N3CCN(C(=O)C4CCC4)CC3)nc(N[C@@H](CN)C(=O)O)nc2s1. The lowest BCUT2D eigenvalue weighted by Crippen LogP contribution is -2.51. The van der Waals surface area contributed by atoms with Crippen molar-refractivity contribution in [3.05, 3.63) is 10.9 Å². The molecule has 1 saturated heterocycles. The highest BCUT2D eigenvalue weighted by Gasteiger charge is 2.32. The van der Waals surface area contributed by atoms with E-state index in [4.69, 9.17) is 5.73 Å². The molecule has 2 aromatic heterocycles. The van der Waals surface area contributed by atoms with Gasteiger partial charge < -0.3 is 26.0 Å². The fraction of sp³-hybridized carbons (Fsp3) is 0.600. The standard InChI is InChI=1S/C20H28N6O3S/c1-2-13-10-14-16(23-20(24-17(14)30-13)22-15(11-21)19(28)29)25-6-8-26(9-7-25)18(27)12-4-3-5-12/h10,12,15H,2-9,11,21H2,1H3,(H,28,29)(H,22,23,24)/t15-/m0/s1. The van der Waals surface area contributed by atoms with E-state index in [2.05, 4.69) is 33.2 Å². The highest BCUT2D eigenvalue weighted by molar-refractivity contribution is 7.18. The van der Waals surface area contributed by atoms with Crippen molar-refractivity contribution in [3.63, 3.8) is 0 Å². The highest BCUT2D eigenvalue weighted by atomic mass is 32.1. The van der Waals surface area contributed by atoms with Crippen molar-refractivity contribution in [3.8, 4) is 0 Å². The zero-order valence-corrected chi connectivity index (χ0v) is 18.0. The van der Waals surface area contributed by atoms with Gasteiger partial charge in [-0.2, -0.15) is 4.98 Å². The van der Waals surface area contributed by atoms with Crippen LogP contribution in [-0.2, 0) is 16.0 Å². The largest absolute Gasteiger partial charge is 0.480 e. The summed E-state index contributed by atoms with van der Waals surface area (Å²) in [4.78, 5) is 39.3. The topological polar surface area (TPSA) is 125 Å². The average molecular weight is 433 g/mol. The molecule has 0 aromatic carbocycles. The Morgan fingerprint density at radius 3 is 2.60 bits per heavy atom. The summed E-state index contributed by atoms with van der Waals surface area (Å²) in [5.74, 6) is 0.521. The Morgan fingerprint density at radius 1 is 1.30 bits per heavy atom. The molecule has 2 aromatic rings. The molecule has 1 saturated carbocycles. The molecule has 0 spiro atoms. The van der Waals surface area contributed by atoms with Gasteiger partial charge in [0.25, 0.3) is 0 Å². The number of nitrogens with two attached hydrogens (primary N) is 1. The van der Waals surface area contributed by atoms with Crippen LogP contribution in [0.1, 0.15) is 31.1 Å². The van der Waals surface area contributed by atoms with Crippen LogP contribution >= 0.6 is 11.3 Å². The molecule has 4 rings (SSSR count). The van der Waals surface area contributed by atoms with Crippen LogP contribution in [0, 0.1) is 5.92 Å². The predicted octanol–water partition coefficient (Wildman–Crippen LogP) is 1.53. The zero-order chi connectivity index (χ0) is 21.3. The number of carboxylic acids is 1. The number of fused-ring (bicyclic) bond motifs is 1. The lowest BCUT2D eigenvalue weighted by molar-refractivity contribution is -0.139. The normalized spacial score (nSPS) is 18.3. The van der Waals surface area contributed by atoms with E-state index in [-0.39, 0.29) is 24.3 Å². The molecule has 2 fully saturated rings.